The fourth-order valence-corrected chi connectivity index (χ4v) is 2.67. The van der Waals surface area contributed by atoms with Crippen LogP contribution in [0.4, 0.5) is 16.3 Å². The van der Waals surface area contributed by atoms with Gasteiger partial charge in [-0.15, -0.1) is 0 Å². The molecule has 1 aromatic heterocycles. The van der Waals surface area contributed by atoms with Crippen molar-refractivity contribution in [1.29, 1.82) is 0 Å². The van der Waals surface area contributed by atoms with Crippen LogP contribution in [-0.2, 0) is 6.54 Å². The zero-order valence-corrected chi connectivity index (χ0v) is 13.7. The van der Waals surface area contributed by atoms with Gasteiger partial charge in [0.05, 0.1) is 19.3 Å². The van der Waals surface area contributed by atoms with Crippen molar-refractivity contribution in [1.82, 2.24) is 15.3 Å². The van der Waals surface area contributed by atoms with E-state index >= 15 is 0 Å². The number of hydrogen-bond acceptors (Lipinski definition) is 5. The number of amides is 2. The second-order valence-electron chi connectivity index (χ2n) is 5.53. The van der Waals surface area contributed by atoms with Crippen LogP contribution in [0.15, 0.2) is 36.5 Å². The third-order valence-electron chi connectivity index (χ3n) is 3.88. The molecule has 2 N–H and O–H groups in total. The number of nitrogens with zero attached hydrogens (tertiary/aromatic N) is 3. The molecule has 3 rings (SSSR count). The lowest BCUT2D eigenvalue weighted by Gasteiger charge is -2.16. The standard InChI is InChI=1S/C17H21N5O2/c1-24-14-7-3-2-6-13(14)20-17(23)19-12-15-18-9-8-16(21-15)22-10-4-5-11-22/h2-3,6-9H,4-5,10-12H2,1H3,(H2,19,20,23). The minimum Gasteiger partial charge on any atom is -0.495 e. The number of anilines is 2. The molecule has 1 aromatic carbocycles. The lowest BCUT2D eigenvalue weighted by atomic mass is 10.3. The lowest BCUT2D eigenvalue weighted by molar-refractivity contribution is 0.251. The molecule has 0 bridgehead atoms. The summed E-state index contributed by atoms with van der Waals surface area (Å²) in [6.07, 6.45) is 4.12. The monoisotopic (exact) mass is 327 g/mol. The molecule has 0 saturated carbocycles. The van der Waals surface area contributed by atoms with E-state index in [0.29, 0.717) is 17.3 Å². The number of para-hydroxylation sites is 2. The summed E-state index contributed by atoms with van der Waals surface area (Å²) in [5.41, 5.74) is 0.615. The van der Waals surface area contributed by atoms with Crippen molar-refractivity contribution in [2.45, 2.75) is 19.4 Å². The molecule has 24 heavy (non-hydrogen) atoms. The molecule has 0 radical (unpaired) electrons. The molecule has 0 aliphatic carbocycles. The molecule has 126 valence electrons. The van der Waals surface area contributed by atoms with E-state index in [1.165, 1.54) is 12.8 Å². The molecule has 7 heteroatoms. The number of hydrogen-bond donors (Lipinski definition) is 2. The molecule has 1 aliphatic heterocycles. The maximum Gasteiger partial charge on any atom is 0.319 e. The van der Waals surface area contributed by atoms with E-state index in [-0.39, 0.29) is 12.6 Å². The number of carbonyl (C=O) groups is 1. The fraction of sp³-hybridized carbons (Fsp3) is 0.353. The molecule has 0 atom stereocenters. The van der Waals surface area contributed by atoms with Crippen LogP contribution in [0.1, 0.15) is 18.7 Å². The zero-order valence-electron chi connectivity index (χ0n) is 13.7. The Morgan fingerprint density at radius 3 is 2.83 bits per heavy atom. The van der Waals surface area contributed by atoms with Gasteiger partial charge in [-0.3, -0.25) is 0 Å². The number of methoxy groups -OCH3 is 1. The van der Waals surface area contributed by atoms with Crippen LogP contribution in [-0.4, -0.2) is 36.2 Å². The SMILES string of the molecule is COc1ccccc1NC(=O)NCc1nccc(N2CCCC2)n1. The van der Waals surface area contributed by atoms with Gasteiger partial charge in [0.2, 0.25) is 0 Å². The van der Waals surface area contributed by atoms with Crippen molar-refractivity contribution in [2.75, 3.05) is 30.4 Å². The first kappa shape index (κ1) is 16.0. The van der Waals surface area contributed by atoms with Crippen LogP contribution in [0.3, 0.4) is 0 Å². The molecule has 1 aliphatic rings. The number of rotatable bonds is 5. The maximum atomic E-state index is 12.1. The van der Waals surface area contributed by atoms with Gasteiger partial charge in [-0.05, 0) is 31.0 Å². The Morgan fingerprint density at radius 2 is 2.04 bits per heavy atom. The predicted molar refractivity (Wildman–Crippen MR) is 92.3 cm³/mol. The Kier molecular flexibility index (Phi) is 5.10. The average molecular weight is 327 g/mol. The van der Waals surface area contributed by atoms with Crippen molar-refractivity contribution in [3.8, 4) is 5.75 Å². The van der Waals surface area contributed by atoms with E-state index in [1.54, 1.807) is 25.4 Å². The minimum absolute atomic E-state index is 0.267. The van der Waals surface area contributed by atoms with Gasteiger partial charge in [-0.25, -0.2) is 14.8 Å². The number of carbonyl (C=O) groups excluding carboxylic acids is 1. The third-order valence-corrected chi connectivity index (χ3v) is 3.88. The molecule has 7 nitrogen and oxygen atoms in total. The lowest BCUT2D eigenvalue weighted by Crippen LogP contribution is -2.29. The second-order valence-corrected chi connectivity index (χ2v) is 5.53. The van der Waals surface area contributed by atoms with E-state index in [4.69, 9.17) is 4.74 Å². The highest BCUT2D eigenvalue weighted by Crippen LogP contribution is 2.22. The van der Waals surface area contributed by atoms with Gasteiger partial charge >= 0.3 is 6.03 Å². The molecule has 0 unspecified atom stereocenters. The molecule has 1 fully saturated rings. The quantitative estimate of drug-likeness (QED) is 0.881. The van der Waals surface area contributed by atoms with Gasteiger partial charge in [-0.2, -0.15) is 0 Å². The van der Waals surface area contributed by atoms with Crippen molar-refractivity contribution < 1.29 is 9.53 Å². The normalized spacial score (nSPS) is 13.6. The maximum absolute atomic E-state index is 12.1. The van der Waals surface area contributed by atoms with Crippen LogP contribution in [0.2, 0.25) is 0 Å². The van der Waals surface area contributed by atoms with Gasteiger partial charge in [-0.1, -0.05) is 12.1 Å². The summed E-state index contributed by atoms with van der Waals surface area (Å²) in [6, 6.07) is 8.83. The van der Waals surface area contributed by atoms with Gasteiger partial charge in [0.15, 0.2) is 0 Å². The van der Waals surface area contributed by atoms with Crippen molar-refractivity contribution >= 4 is 17.5 Å². The summed E-state index contributed by atoms with van der Waals surface area (Å²) in [7, 11) is 1.57. The van der Waals surface area contributed by atoms with Gasteiger partial charge < -0.3 is 20.3 Å². The molecule has 1 saturated heterocycles. The highest BCUT2D eigenvalue weighted by atomic mass is 16.5. The van der Waals surface area contributed by atoms with Crippen LogP contribution in [0.25, 0.3) is 0 Å². The summed E-state index contributed by atoms with van der Waals surface area (Å²) < 4.78 is 5.21. The Bertz CT molecular complexity index is 701. The highest BCUT2D eigenvalue weighted by molar-refractivity contribution is 5.90. The molecule has 2 aromatic rings. The zero-order chi connectivity index (χ0) is 16.8. The summed E-state index contributed by atoms with van der Waals surface area (Å²) in [4.78, 5) is 23.0. The van der Waals surface area contributed by atoms with Gasteiger partial charge in [0.25, 0.3) is 0 Å². The first-order valence-corrected chi connectivity index (χ1v) is 8.01. The van der Waals surface area contributed by atoms with Crippen molar-refractivity contribution in [3.63, 3.8) is 0 Å². The number of ether oxygens (including phenoxy) is 1. The second kappa shape index (κ2) is 7.63. The van der Waals surface area contributed by atoms with Crippen molar-refractivity contribution in [3.05, 3.63) is 42.4 Å². The first-order valence-electron chi connectivity index (χ1n) is 8.01. The summed E-state index contributed by atoms with van der Waals surface area (Å²) in [6.45, 7) is 2.32. The molecule has 0 spiro atoms. The molecular weight excluding hydrogens is 306 g/mol. The predicted octanol–water partition coefficient (Wildman–Crippen LogP) is 2.41. The van der Waals surface area contributed by atoms with Crippen LogP contribution in [0.5, 0.6) is 5.75 Å². The van der Waals surface area contributed by atoms with Crippen LogP contribution >= 0.6 is 0 Å². The molecular formula is C17H21N5O2. The van der Waals surface area contributed by atoms with Crippen molar-refractivity contribution in [2.24, 2.45) is 0 Å². The van der Waals surface area contributed by atoms with Gasteiger partial charge in [0.1, 0.15) is 17.4 Å². The summed E-state index contributed by atoms with van der Waals surface area (Å²) in [5.74, 6) is 2.12. The molecule has 2 heterocycles. The van der Waals surface area contributed by atoms with Crippen LogP contribution < -0.4 is 20.3 Å². The third kappa shape index (κ3) is 3.92. The van der Waals surface area contributed by atoms with E-state index < -0.39 is 0 Å². The fourth-order valence-electron chi connectivity index (χ4n) is 2.67. The Hall–Kier alpha value is -2.83. The number of benzene rings is 1. The van der Waals surface area contributed by atoms with Crippen LogP contribution in [0, 0.1) is 0 Å². The average Bonchev–Trinajstić information content (AvgIpc) is 3.15. The van der Waals surface area contributed by atoms with E-state index in [0.717, 1.165) is 18.9 Å². The van der Waals surface area contributed by atoms with Gasteiger partial charge in [0, 0.05) is 19.3 Å². The Labute approximate surface area is 141 Å². The Balaban J connectivity index is 1.57. The number of nitrogens with one attached hydrogen (secondary N) is 2. The smallest absolute Gasteiger partial charge is 0.319 e. The number of aromatic nitrogens is 2. The number of urea groups is 1. The summed E-state index contributed by atoms with van der Waals surface area (Å²) in [5, 5.41) is 5.53. The van der Waals surface area contributed by atoms with E-state index in [9.17, 15) is 4.79 Å². The summed E-state index contributed by atoms with van der Waals surface area (Å²) >= 11 is 0. The van der Waals surface area contributed by atoms with E-state index in [1.807, 2.05) is 18.2 Å². The largest absolute Gasteiger partial charge is 0.495 e. The highest BCUT2D eigenvalue weighted by Gasteiger charge is 2.14. The topological polar surface area (TPSA) is 79.4 Å². The molecule has 2 amide bonds. The first-order chi connectivity index (χ1) is 11.8. The van der Waals surface area contributed by atoms with E-state index in [2.05, 4.69) is 25.5 Å². The Morgan fingerprint density at radius 1 is 1.25 bits per heavy atom. The minimum atomic E-state index is -0.324.